The molecule has 0 aromatic carbocycles. The van der Waals surface area contributed by atoms with Crippen LogP contribution in [-0.4, -0.2) is 42.8 Å². The van der Waals surface area contributed by atoms with Crippen molar-refractivity contribution in [3.63, 3.8) is 0 Å². The van der Waals surface area contributed by atoms with Crippen LogP contribution in [0.25, 0.3) is 0 Å². The van der Waals surface area contributed by atoms with Gasteiger partial charge >= 0.3 is 5.97 Å². The van der Waals surface area contributed by atoms with Crippen LogP contribution in [0.4, 0.5) is 0 Å². The van der Waals surface area contributed by atoms with Crippen molar-refractivity contribution in [2.75, 3.05) is 13.7 Å². The van der Waals surface area contributed by atoms with Crippen molar-refractivity contribution in [1.82, 2.24) is 0 Å². The Labute approximate surface area is 82.9 Å². The number of carbonyl (C=O) groups is 1. The van der Waals surface area contributed by atoms with Gasteiger partial charge in [-0.15, -0.1) is 0 Å². The number of esters is 1. The predicted octanol–water partition coefficient (Wildman–Crippen LogP) is 0.0619. The Bertz CT molecular complexity index is 213. The maximum absolute atomic E-state index is 10.9. The molecule has 0 aromatic heterocycles. The van der Waals surface area contributed by atoms with Gasteiger partial charge in [0, 0.05) is 0 Å². The van der Waals surface area contributed by atoms with Gasteiger partial charge in [-0.3, -0.25) is 4.79 Å². The monoisotopic (exact) mass is 204 g/mol. The summed E-state index contributed by atoms with van der Waals surface area (Å²) in [6.07, 6.45) is -1.39. The summed E-state index contributed by atoms with van der Waals surface area (Å²) in [4.78, 5) is 10.9. The second-order valence-electron chi connectivity index (χ2n) is 3.71. The van der Waals surface area contributed by atoms with Crippen LogP contribution < -0.4 is 0 Å². The smallest absolute Gasteiger partial charge is 0.308 e. The molecule has 0 unspecified atom stereocenters. The molecule has 1 aliphatic rings. The number of carbonyl (C=O) groups excluding carboxylic acids is 1. The molecule has 1 rings (SSSR count). The fraction of sp³-hybridized carbons (Fsp3) is 0.889. The Morgan fingerprint density at radius 3 is 2.79 bits per heavy atom. The zero-order valence-electron chi connectivity index (χ0n) is 8.65. The van der Waals surface area contributed by atoms with Gasteiger partial charge in [0.05, 0.1) is 26.2 Å². The molecule has 1 N–H and O–H groups in total. The molecule has 0 aromatic rings. The number of hydrogen-bond donors (Lipinski definition) is 1. The predicted molar refractivity (Wildman–Crippen MR) is 47.5 cm³/mol. The zero-order valence-corrected chi connectivity index (χ0v) is 8.65. The average Bonchev–Trinajstić information content (AvgIpc) is 2.46. The molecule has 5 heteroatoms. The van der Waals surface area contributed by atoms with E-state index in [-0.39, 0.29) is 6.42 Å². The molecule has 2 atom stereocenters. The molecule has 1 fully saturated rings. The molecular weight excluding hydrogens is 188 g/mol. The van der Waals surface area contributed by atoms with Gasteiger partial charge in [-0.05, 0) is 13.8 Å². The van der Waals surface area contributed by atoms with Crippen molar-refractivity contribution in [2.24, 2.45) is 0 Å². The van der Waals surface area contributed by atoms with Crippen LogP contribution in [0.2, 0.25) is 0 Å². The first-order chi connectivity index (χ1) is 6.44. The van der Waals surface area contributed by atoms with E-state index in [0.717, 1.165) is 0 Å². The van der Waals surface area contributed by atoms with Crippen LogP contribution in [0.15, 0.2) is 0 Å². The number of aliphatic hydroxyl groups is 1. The molecule has 0 spiro atoms. The van der Waals surface area contributed by atoms with Crippen LogP contribution in [-0.2, 0) is 19.0 Å². The highest BCUT2D eigenvalue weighted by Gasteiger charge is 2.37. The van der Waals surface area contributed by atoms with Crippen LogP contribution in [0.1, 0.15) is 20.3 Å². The van der Waals surface area contributed by atoms with Crippen molar-refractivity contribution in [3.8, 4) is 0 Å². The quantitative estimate of drug-likeness (QED) is 0.659. The average molecular weight is 204 g/mol. The molecule has 82 valence electrons. The van der Waals surface area contributed by atoms with Crippen molar-refractivity contribution < 1.29 is 24.1 Å². The third kappa shape index (κ3) is 2.94. The first-order valence-corrected chi connectivity index (χ1v) is 4.51. The molecule has 0 radical (unpaired) electrons. The van der Waals surface area contributed by atoms with Crippen molar-refractivity contribution in [1.29, 1.82) is 0 Å². The first kappa shape index (κ1) is 11.4. The summed E-state index contributed by atoms with van der Waals surface area (Å²) in [5.41, 5.74) is 0. The number of hydrogen-bond acceptors (Lipinski definition) is 5. The molecule has 1 aliphatic heterocycles. The SMILES string of the molecule is COC(=O)C[C@@H](O)[C@H]1COC(C)(C)O1. The minimum absolute atomic E-state index is 0.0688. The number of rotatable bonds is 3. The zero-order chi connectivity index (χ0) is 10.8. The lowest BCUT2D eigenvalue weighted by Gasteiger charge is -2.19. The summed E-state index contributed by atoms with van der Waals surface area (Å²) in [6.45, 7) is 3.82. The lowest BCUT2D eigenvalue weighted by molar-refractivity contribution is -0.158. The summed E-state index contributed by atoms with van der Waals surface area (Å²) < 4.78 is 15.1. The summed E-state index contributed by atoms with van der Waals surface area (Å²) >= 11 is 0. The maximum atomic E-state index is 10.9. The van der Waals surface area contributed by atoms with Gasteiger partial charge in [0.25, 0.3) is 0 Å². The molecule has 0 amide bonds. The van der Waals surface area contributed by atoms with Crippen molar-refractivity contribution in [3.05, 3.63) is 0 Å². The second kappa shape index (κ2) is 4.25. The second-order valence-corrected chi connectivity index (χ2v) is 3.71. The Kier molecular flexibility index (Phi) is 3.47. The minimum Gasteiger partial charge on any atom is -0.469 e. The summed E-state index contributed by atoms with van der Waals surface area (Å²) in [5.74, 6) is -1.13. The molecule has 14 heavy (non-hydrogen) atoms. The van der Waals surface area contributed by atoms with Gasteiger partial charge in [-0.1, -0.05) is 0 Å². The van der Waals surface area contributed by atoms with Crippen LogP contribution in [0.5, 0.6) is 0 Å². The minimum atomic E-state index is -0.871. The third-order valence-corrected chi connectivity index (χ3v) is 2.06. The summed E-state index contributed by atoms with van der Waals surface area (Å²) in [6, 6.07) is 0. The topological polar surface area (TPSA) is 65.0 Å². The van der Waals surface area contributed by atoms with E-state index in [1.165, 1.54) is 7.11 Å². The van der Waals surface area contributed by atoms with E-state index in [9.17, 15) is 9.90 Å². The van der Waals surface area contributed by atoms with E-state index in [2.05, 4.69) is 4.74 Å². The van der Waals surface area contributed by atoms with E-state index in [1.54, 1.807) is 13.8 Å². The largest absolute Gasteiger partial charge is 0.469 e. The lowest BCUT2D eigenvalue weighted by Crippen LogP contribution is -2.32. The Morgan fingerprint density at radius 1 is 1.71 bits per heavy atom. The Hall–Kier alpha value is -0.650. The van der Waals surface area contributed by atoms with Crippen molar-refractivity contribution >= 4 is 5.97 Å². The molecule has 0 aliphatic carbocycles. The molecule has 0 bridgehead atoms. The molecular formula is C9H16O5. The molecule has 1 heterocycles. The van der Waals surface area contributed by atoms with Gasteiger partial charge in [0.15, 0.2) is 5.79 Å². The van der Waals surface area contributed by atoms with E-state index in [0.29, 0.717) is 6.61 Å². The standard InChI is InChI=1S/C9H16O5/c1-9(2)13-5-7(14-9)6(10)4-8(11)12-3/h6-7,10H,4-5H2,1-3H3/t6-,7-/m1/s1. The highest BCUT2D eigenvalue weighted by molar-refractivity contribution is 5.69. The number of ether oxygens (including phenoxy) is 3. The van der Waals surface area contributed by atoms with Crippen LogP contribution >= 0.6 is 0 Å². The van der Waals surface area contributed by atoms with Gasteiger partial charge in [-0.2, -0.15) is 0 Å². The van der Waals surface area contributed by atoms with Gasteiger partial charge < -0.3 is 19.3 Å². The van der Waals surface area contributed by atoms with Crippen LogP contribution in [0.3, 0.4) is 0 Å². The van der Waals surface area contributed by atoms with E-state index >= 15 is 0 Å². The number of methoxy groups -OCH3 is 1. The fourth-order valence-corrected chi connectivity index (χ4v) is 1.29. The Balaban J connectivity index is 2.39. The fourth-order valence-electron chi connectivity index (χ4n) is 1.29. The van der Waals surface area contributed by atoms with Crippen LogP contribution in [0, 0.1) is 0 Å². The van der Waals surface area contributed by atoms with Gasteiger partial charge in [0.2, 0.25) is 0 Å². The summed E-state index contributed by atoms with van der Waals surface area (Å²) in [5, 5.41) is 9.58. The van der Waals surface area contributed by atoms with Crippen molar-refractivity contribution in [2.45, 2.75) is 38.3 Å². The first-order valence-electron chi connectivity index (χ1n) is 4.51. The maximum Gasteiger partial charge on any atom is 0.308 e. The third-order valence-electron chi connectivity index (χ3n) is 2.06. The highest BCUT2D eigenvalue weighted by atomic mass is 16.7. The Morgan fingerprint density at radius 2 is 2.36 bits per heavy atom. The van der Waals surface area contributed by atoms with E-state index in [4.69, 9.17) is 9.47 Å². The normalized spacial score (nSPS) is 27.3. The van der Waals surface area contributed by atoms with E-state index in [1.807, 2.05) is 0 Å². The molecule has 1 saturated heterocycles. The van der Waals surface area contributed by atoms with Gasteiger partial charge in [-0.25, -0.2) is 0 Å². The summed E-state index contributed by atoms with van der Waals surface area (Å²) in [7, 11) is 1.28. The molecule has 0 saturated carbocycles. The van der Waals surface area contributed by atoms with Gasteiger partial charge in [0.1, 0.15) is 6.10 Å². The lowest BCUT2D eigenvalue weighted by atomic mass is 10.1. The number of aliphatic hydroxyl groups excluding tert-OH is 1. The molecule has 5 nitrogen and oxygen atoms in total. The van der Waals surface area contributed by atoms with E-state index < -0.39 is 24.0 Å². The highest BCUT2D eigenvalue weighted by Crippen LogP contribution is 2.25.